The number of rotatable bonds is 5. The quantitative estimate of drug-likeness (QED) is 0.771. The molecule has 0 saturated heterocycles. The van der Waals surface area contributed by atoms with Crippen LogP contribution in [0, 0.1) is 0 Å². The average molecular weight is 306 g/mol. The van der Waals surface area contributed by atoms with Crippen LogP contribution in [0.3, 0.4) is 0 Å². The van der Waals surface area contributed by atoms with E-state index in [-0.39, 0.29) is 21.6 Å². The first-order valence-corrected chi connectivity index (χ1v) is 6.76. The fourth-order valence-corrected chi connectivity index (χ4v) is 2.49. The molecule has 1 aromatic heterocycles. The molecule has 0 aliphatic carbocycles. The molecule has 1 rings (SSSR count). The smallest absolute Gasteiger partial charge is 0.270 e. The molecule has 0 amide bonds. The number of hydrogen-bond donors (Lipinski definition) is 0. The van der Waals surface area contributed by atoms with E-state index in [4.69, 9.17) is 11.6 Å². The van der Waals surface area contributed by atoms with Crippen molar-refractivity contribution in [3.05, 3.63) is 12.4 Å². The minimum absolute atomic E-state index is 0.222. The first-order valence-electron chi connectivity index (χ1n) is 4.78. The molecule has 0 aliphatic rings. The summed E-state index contributed by atoms with van der Waals surface area (Å²) in [5.41, 5.74) is 0. The van der Waals surface area contributed by atoms with Crippen LogP contribution in [0.1, 0.15) is 0 Å². The predicted octanol–water partition coefficient (Wildman–Crippen LogP) is 1.30. The van der Waals surface area contributed by atoms with Gasteiger partial charge in [0.2, 0.25) is 10.0 Å². The maximum atomic E-state index is 12.1. The molecule has 0 fully saturated rings. The zero-order valence-electron chi connectivity index (χ0n) is 9.35. The molecule has 0 aromatic carbocycles. The Morgan fingerprint density at radius 2 is 2.11 bits per heavy atom. The number of aryl methyl sites for hydroxylation is 1. The van der Waals surface area contributed by atoms with Crippen LogP contribution in [0.4, 0.5) is 13.2 Å². The van der Waals surface area contributed by atoms with Gasteiger partial charge in [-0.2, -0.15) is 22.6 Å². The van der Waals surface area contributed by atoms with Crippen LogP contribution in [0.5, 0.6) is 0 Å². The van der Waals surface area contributed by atoms with Gasteiger partial charge in [0.15, 0.2) is 0 Å². The Labute approximate surface area is 107 Å². The van der Waals surface area contributed by atoms with Gasteiger partial charge in [0.25, 0.3) is 0 Å². The predicted molar refractivity (Wildman–Crippen MR) is 58.8 cm³/mol. The first-order chi connectivity index (χ1) is 8.16. The van der Waals surface area contributed by atoms with Crippen LogP contribution >= 0.6 is 11.6 Å². The molecule has 10 heteroatoms. The highest BCUT2D eigenvalue weighted by Gasteiger charge is 2.35. The van der Waals surface area contributed by atoms with E-state index in [2.05, 4.69) is 5.10 Å². The molecule has 18 heavy (non-hydrogen) atoms. The van der Waals surface area contributed by atoms with Gasteiger partial charge in [-0.1, -0.05) is 0 Å². The molecule has 0 N–H and O–H groups in total. The number of alkyl halides is 4. The maximum Gasteiger partial charge on any atom is 0.402 e. The standard InChI is InChI=1S/C8H11ClF3N3O2S/c1-14(6-8(10,11)12)18(16,17)7-4-13-15(5-7)3-2-9/h4-5H,2-3,6H2,1H3. The van der Waals surface area contributed by atoms with Gasteiger partial charge in [0, 0.05) is 19.1 Å². The minimum atomic E-state index is -4.59. The van der Waals surface area contributed by atoms with Gasteiger partial charge in [-0.15, -0.1) is 11.6 Å². The van der Waals surface area contributed by atoms with Gasteiger partial charge in [0.1, 0.15) is 11.4 Å². The Balaban J connectivity index is 2.91. The van der Waals surface area contributed by atoms with Gasteiger partial charge in [-0.05, 0) is 0 Å². The van der Waals surface area contributed by atoms with Crippen molar-refractivity contribution in [2.45, 2.75) is 17.6 Å². The van der Waals surface area contributed by atoms with Crippen LogP contribution in [0.25, 0.3) is 0 Å². The van der Waals surface area contributed by atoms with Crippen molar-refractivity contribution in [1.29, 1.82) is 0 Å². The Kier molecular flexibility index (Phi) is 4.62. The molecular formula is C8H11ClF3N3O2S. The molecule has 0 radical (unpaired) electrons. The molecule has 1 heterocycles. The van der Waals surface area contributed by atoms with E-state index < -0.39 is 22.7 Å². The Bertz CT molecular complexity index is 500. The number of halogens is 4. The molecule has 0 saturated carbocycles. The summed E-state index contributed by atoms with van der Waals surface area (Å²) in [4.78, 5) is -0.292. The van der Waals surface area contributed by atoms with Crippen molar-refractivity contribution in [2.75, 3.05) is 19.5 Å². The van der Waals surface area contributed by atoms with Crippen molar-refractivity contribution < 1.29 is 21.6 Å². The summed E-state index contributed by atoms with van der Waals surface area (Å²) in [6.45, 7) is -1.27. The Morgan fingerprint density at radius 1 is 1.50 bits per heavy atom. The first kappa shape index (κ1) is 15.3. The van der Waals surface area contributed by atoms with E-state index in [9.17, 15) is 21.6 Å². The van der Waals surface area contributed by atoms with E-state index >= 15 is 0 Å². The number of nitrogens with zero attached hydrogens (tertiary/aromatic N) is 3. The third-order valence-corrected chi connectivity index (χ3v) is 3.96. The van der Waals surface area contributed by atoms with Crippen molar-refractivity contribution >= 4 is 21.6 Å². The summed E-state index contributed by atoms with van der Waals surface area (Å²) in [6, 6.07) is 0. The van der Waals surface area contributed by atoms with Gasteiger partial charge >= 0.3 is 6.18 Å². The summed E-state index contributed by atoms with van der Waals surface area (Å²) in [5, 5.41) is 3.70. The monoisotopic (exact) mass is 305 g/mol. The summed E-state index contributed by atoms with van der Waals surface area (Å²) < 4.78 is 61.4. The van der Waals surface area contributed by atoms with Crippen LogP contribution in [0.15, 0.2) is 17.3 Å². The van der Waals surface area contributed by atoms with E-state index in [0.29, 0.717) is 0 Å². The van der Waals surface area contributed by atoms with Crippen molar-refractivity contribution in [2.24, 2.45) is 0 Å². The third-order valence-electron chi connectivity index (χ3n) is 2.03. The lowest BCUT2D eigenvalue weighted by atomic mass is 10.6. The molecule has 0 unspecified atom stereocenters. The van der Waals surface area contributed by atoms with E-state index in [1.807, 2.05) is 0 Å². The number of sulfonamides is 1. The maximum absolute atomic E-state index is 12.1. The largest absolute Gasteiger partial charge is 0.402 e. The second-order valence-corrected chi connectivity index (χ2v) is 5.93. The average Bonchev–Trinajstić information content (AvgIpc) is 2.64. The summed E-state index contributed by atoms with van der Waals surface area (Å²) in [7, 11) is -3.32. The minimum Gasteiger partial charge on any atom is -0.270 e. The molecule has 1 aromatic rings. The molecule has 0 atom stereocenters. The van der Waals surface area contributed by atoms with Crippen LogP contribution < -0.4 is 0 Å². The highest BCUT2D eigenvalue weighted by Crippen LogP contribution is 2.20. The molecular weight excluding hydrogens is 295 g/mol. The normalized spacial score (nSPS) is 13.2. The van der Waals surface area contributed by atoms with E-state index in [1.165, 1.54) is 4.68 Å². The van der Waals surface area contributed by atoms with Gasteiger partial charge in [-0.3, -0.25) is 4.68 Å². The Morgan fingerprint density at radius 3 is 2.61 bits per heavy atom. The topological polar surface area (TPSA) is 55.2 Å². The van der Waals surface area contributed by atoms with Gasteiger partial charge in [0.05, 0.1) is 12.7 Å². The van der Waals surface area contributed by atoms with Crippen molar-refractivity contribution in [3.8, 4) is 0 Å². The molecule has 5 nitrogen and oxygen atoms in total. The number of hydrogen-bond acceptors (Lipinski definition) is 3. The molecule has 0 aliphatic heterocycles. The second kappa shape index (κ2) is 5.45. The Hall–Kier alpha value is -0.800. The van der Waals surface area contributed by atoms with Crippen LogP contribution in [0.2, 0.25) is 0 Å². The SMILES string of the molecule is CN(CC(F)(F)F)S(=O)(=O)c1cnn(CCCl)c1. The molecule has 104 valence electrons. The summed E-state index contributed by atoms with van der Waals surface area (Å²) in [5.74, 6) is 0.222. The highest BCUT2D eigenvalue weighted by molar-refractivity contribution is 7.89. The summed E-state index contributed by atoms with van der Waals surface area (Å²) in [6.07, 6.45) is -2.45. The fraction of sp³-hybridized carbons (Fsp3) is 0.625. The fourth-order valence-electron chi connectivity index (χ4n) is 1.20. The van der Waals surface area contributed by atoms with Crippen molar-refractivity contribution in [3.63, 3.8) is 0 Å². The zero-order chi connectivity index (χ0) is 14.0. The lowest BCUT2D eigenvalue weighted by Crippen LogP contribution is -2.35. The molecule has 0 bridgehead atoms. The zero-order valence-corrected chi connectivity index (χ0v) is 10.9. The highest BCUT2D eigenvalue weighted by atomic mass is 35.5. The lowest BCUT2D eigenvalue weighted by Gasteiger charge is -2.17. The van der Waals surface area contributed by atoms with E-state index in [1.54, 1.807) is 0 Å². The van der Waals surface area contributed by atoms with Gasteiger partial charge in [-0.25, -0.2) is 8.42 Å². The number of aromatic nitrogens is 2. The second-order valence-electron chi connectivity index (χ2n) is 3.50. The van der Waals surface area contributed by atoms with Crippen molar-refractivity contribution in [1.82, 2.24) is 14.1 Å². The summed E-state index contributed by atoms with van der Waals surface area (Å²) >= 11 is 5.44. The van der Waals surface area contributed by atoms with Crippen LogP contribution in [-0.4, -0.2) is 48.2 Å². The third kappa shape index (κ3) is 3.85. The molecule has 0 spiro atoms. The van der Waals surface area contributed by atoms with Gasteiger partial charge < -0.3 is 0 Å². The lowest BCUT2D eigenvalue weighted by molar-refractivity contribution is -0.134. The van der Waals surface area contributed by atoms with Crippen LogP contribution in [-0.2, 0) is 16.6 Å². The van der Waals surface area contributed by atoms with E-state index in [0.717, 1.165) is 19.4 Å².